The van der Waals surface area contributed by atoms with Gasteiger partial charge in [0, 0.05) is 36.6 Å². The molecule has 0 saturated heterocycles. The van der Waals surface area contributed by atoms with Crippen molar-refractivity contribution in [3.63, 3.8) is 0 Å². The molecule has 3 heterocycles. The van der Waals surface area contributed by atoms with E-state index >= 15 is 0 Å². The fraction of sp³-hybridized carbons (Fsp3) is 0.185. The van der Waals surface area contributed by atoms with Crippen molar-refractivity contribution in [2.75, 3.05) is 16.8 Å². The minimum atomic E-state index is -0.611. The number of amides is 1. The van der Waals surface area contributed by atoms with Gasteiger partial charge in [-0.1, -0.05) is 60.7 Å². The Morgan fingerprint density at radius 3 is 2.56 bits per heavy atom. The van der Waals surface area contributed by atoms with Crippen LogP contribution in [-0.4, -0.2) is 33.4 Å². The van der Waals surface area contributed by atoms with Crippen molar-refractivity contribution in [1.29, 1.82) is 0 Å². The monoisotopic (exact) mass is 450 g/mol. The molecule has 5 rings (SSSR count). The Labute approximate surface area is 198 Å². The zero-order valence-corrected chi connectivity index (χ0v) is 18.8. The molecule has 0 aliphatic carbocycles. The SMILES string of the molecule is NC(=O)[C@@H](Cc1ccccc1)Nc1nccc(N2CCCc3cnc(-c4ccccc4)cc32)n1. The molecule has 1 atom stereocenters. The van der Waals surface area contributed by atoms with Gasteiger partial charge < -0.3 is 16.0 Å². The van der Waals surface area contributed by atoms with Crippen LogP contribution in [0.5, 0.6) is 0 Å². The number of nitrogens with two attached hydrogens (primary N) is 1. The molecule has 2 aromatic carbocycles. The van der Waals surface area contributed by atoms with Crippen LogP contribution in [0, 0.1) is 0 Å². The first-order valence-corrected chi connectivity index (χ1v) is 11.4. The zero-order chi connectivity index (χ0) is 23.3. The third kappa shape index (κ3) is 4.73. The number of aryl methyl sites for hydroxylation is 1. The second-order valence-electron chi connectivity index (χ2n) is 8.35. The molecule has 1 aliphatic heterocycles. The highest BCUT2D eigenvalue weighted by Gasteiger charge is 2.22. The van der Waals surface area contributed by atoms with Crippen LogP contribution < -0.4 is 16.0 Å². The van der Waals surface area contributed by atoms with Crippen LogP contribution in [0.1, 0.15) is 17.5 Å². The topological polar surface area (TPSA) is 97.0 Å². The fourth-order valence-electron chi connectivity index (χ4n) is 4.27. The highest BCUT2D eigenvalue weighted by atomic mass is 16.1. The van der Waals surface area contributed by atoms with Gasteiger partial charge in [-0.3, -0.25) is 9.78 Å². The second-order valence-corrected chi connectivity index (χ2v) is 8.35. The van der Waals surface area contributed by atoms with E-state index in [2.05, 4.69) is 38.4 Å². The molecule has 0 fully saturated rings. The first-order chi connectivity index (χ1) is 16.7. The van der Waals surface area contributed by atoms with E-state index in [1.807, 2.05) is 60.8 Å². The molecular formula is C27H26N6O. The first kappa shape index (κ1) is 21.6. The normalized spacial score (nSPS) is 13.7. The van der Waals surface area contributed by atoms with Crippen LogP contribution >= 0.6 is 0 Å². The summed E-state index contributed by atoms with van der Waals surface area (Å²) in [5, 5.41) is 3.13. The lowest BCUT2D eigenvalue weighted by atomic mass is 10.0. The number of nitrogens with one attached hydrogen (secondary N) is 1. The Morgan fingerprint density at radius 1 is 1.03 bits per heavy atom. The van der Waals surface area contributed by atoms with Crippen LogP contribution in [0.15, 0.2) is 85.2 Å². The number of primary amides is 1. The maximum atomic E-state index is 12.1. The molecule has 3 N–H and O–H groups in total. The molecule has 1 amide bonds. The lowest BCUT2D eigenvalue weighted by Gasteiger charge is -2.30. The number of pyridine rings is 1. The lowest BCUT2D eigenvalue weighted by molar-refractivity contribution is -0.118. The predicted octanol–water partition coefficient (Wildman–Crippen LogP) is 4.13. The standard InChI is InChI=1S/C27H26N6O/c28-26(34)23(16-19-8-3-1-4-9-19)31-27-29-14-13-25(32-27)33-15-7-12-21-18-30-22(17-24(21)33)20-10-5-2-6-11-20/h1-6,8-11,13-14,17-18,23H,7,12,15-16H2,(H2,28,34)(H,29,31,32)/t23-/m1/s1. The summed E-state index contributed by atoms with van der Waals surface area (Å²) in [5.74, 6) is 0.702. The van der Waals surface area contributed by atoms with Gasteiger partial charge in [0.05, 0.1) is 5.69 Å². The predicted molar refractivity (Wildman–Crippen MR) is 134 cm³/mol. The average Bonchev–Trinajstić information content (AvgIpc) is 2.89. The first-order valence-electron chi connectivity index (χ1n) is 11.4. The summed E-state index contributed by atoms with van der Waals surface area (Å²) in [6, 6.07) is 23.3. The molecule has 170 valence electrons. The van der Waals surface area contributed by atoms with Crippen LogP contribution in [0.2, 0.25) is 0 Å². The maximum Gasteiger partial charge on any atom is 0.240 e. The van der Waals surface area contributed by atoms with E-state index in [1.165, 1.54) is 5.56 Å². The number of hydrogen-bond acceptors (Lipinski definition) is 6. The third-order valence-electron chi connectivity index (χ3n) is 6.00. The van der Waals surface area contributed by atoms with Gasteiger partial charge in [-0.15, -0.1) is 0 Å². The Hall–Kier alpha value is -4.26. The van der Waals surface area contributed by atoms with E-state index in [0.29, 0.717) is 12.4 Å². The Balaban J connectivity index is 1.42. The van der Waals surface area contributed by atoms with E-state index in [4.69, 9.17) is 10.7 Å². The number of nitrogens with zero attached hydrogens (tertiary/aromatic N) is 4. The molecule has 0 radical (unpaired) electrons. The van der Waals surface area contributed by atoms with Gasteiger partial charge in [0.1, 0.15) is 11.9 Å². The zero-order valence-electron chi connectivity index (χ0n) is 18.8. The summed E-state index contributed by atoms with van der Waals surface area (Å²) >= 11 is 0. The van der Waals surface area contributed by atoms with E-state index in [9.17, 15) is 4.79 Å². The summed E-state index contributed by atoms with van der Waals surface area (Å²) in [6.45, 7) is 0.838. The molecule has 0 saturated carbocycles. The van der Waals surface area contributed by atoms with Crippen LogP contribution in [-0.2, 0) is 17.6 Å². The lowest BCUT2D eigenvalue weighted by Crippen LogP contribution is -2.38. The van der Waals surface area contributed by atoms with Crippen LogP contribution in [0.3, 0.4) is 0 Å². The highest BCUT2D eigenvalue weighted by Crippen LogP contribution is 2.34. The van der Waals surface area contributed by atoms with Crippen molar-refractivity contribution in [3.05, 3.63) is 96.3 Å². The summed E-state index contributed by atoms with van der Waals surface area (Å²) in [6.07, 6.45) is 6.11. The van der Waals surface area contributed by atoms with Crippen molar-refractivity contribution in [2.45, 2.75) is 25.3 Å². The summed E-state index contributed by atoms with van der Waals surface area (Å²) in [5.41, 5.74) is 11.0. The molecule has 0 bridgehead atoms. The third-order valence-corrected chi connectivity index (χ3v) is 6.00. The molecule has 7 nitrogen and oxygen atoms in total. The van der Waals surface area contributed by atoms with Gasteiger partial charge in [0.15, 0.2) is 0 Å². The fourth-order valence-corrected chi connectivity index (χ4v) is 4.27. The minimum absolute atomic E-state index is 0.377. The summed E-state index contributed by atoms with van der Waals surface area (Å²) < 4.78 is 0. The number of aromatic nitrogens is 3. The van der Waals surface area contributed by atoms with Crippen molar-refractivity contribution < 1.29 is 4.79 Å². The number of carbonyl (C=O) groups is 1. The number of benzene rings is 2. The molecule has 0 spiro atoms. The van der Waals surface area contributed by atoms with Gasteiger partial charge in [0.25, 0.3) is 0 Å². The molecule has 34 heavy (non-hydrogen) atoms. The van der Waals surface area contributed by atoms with Crippen LogP contribution in [0.4, 0.5) is 17.5 Å². The van der Waals surface area contributed by atoms with Crippen molar-refractivity contribution in [1.82, 2.24) is 15.0 Å². The minimum Gasteiger partial charge on any atom is -0.368 e. The van der Waals surface area contributed by atoms with E-state index < -0.39 is 11.9 Å². The number of carbonyl (C=O) groups excluding carboxylic acids is 1. The summed E-state index contributed by atoms with van der Waals surface area (Å²) in [7, 11) is 0. The Morgan fingerprint density at radius 2 is 1.79 bits per heavy atom. The molecule has 2 aromatic heterocycles. The number of fused-ring (bicyclic) bond motifs is 1. The van der Waals surface area contributed by atoms with Crippen molar-refractivity contribution in [3.8, 4) is 11.3 Å². The van der Waals surface area contributed by atoms with E-state index in [-0.39, 0.29) is 0 Å². The Bertz CT molecular complexity index is 1280. The number of rotatable bonds is 7. The van der Waals surface area contributed by atoms with Gasteiger partial charge >= 0.3 is 0 Å². The number of anilines is 3. The molecule has 7 heteroatoms. The molecule has 0 unspecified atom stereocenters. The smallest absolute Gasteiger partial charge is 0.240 e. The average molecular weight is 451 g/mol. The van der Waals surface area contributed by atoms with E-state index in [1.54, 1.807) is 6.20 Å². The highest BCUT2D eigenvalue weighted by molar-refractivity contribution is 5.83. The molecular weight excluding hydrogens is 424 g/mol. The molecule has 4 aromatic rings. The largest absolute Gasteiger partial charge is 0.368 e. The Kier molecular flexibility index (Phi) is 6.16. The summed E-state index contributed by atoms with van der Waals surface area (Å²) in [4.78, 5) is 28.1. The quantitative estimate of drug-likeness (QED) is 0.439. The van der Waals surface area contributed by atoms with Gasteiger partial charge in [0.2, 0.25) is 11.9 Å². The van der Waals surface area contributed by atoms with Crippen LogP contribution in [0.25, 0.3) is 11.3 Å². The van der Waals surface area contributed by atoms with Crippen molar-refractivity contribution >= 4 is 23.4 Å². The van der Waals surface area contributed by atoms with Crippen molar-refractivity contribution in [2.24, 2.45) is 5.73 Å². The maximum absolute atomic E-state index is 12.1. The second kappa shape index (κ2) is 9.70. The number of hydrogen-bond donors (Lipinski definition) is 2. The van der Waals surface area contributed by atoms with E-state index in [0.717, 1.165) is 47.7 Å². The molecule has 1 aliphatic rings. The van der Waals surface area contributed by atoms with Gasteiger partial charge in [-0.2, -0.15) is 4.98 Å². The van der Waals surface area contributed by atoms with Gasteiger partial charge in [-0.25, -0.2) is 4.98 Å². The van der Waals surface area contributed by atoms with Gasteiger partial charge in [-0.05, 0) is 36.1 Å².